The zero-order valence-electron chi connectivity index (χ0n) is 14.3. The quantitative estimate of drug-likeness (QED) is 0.766. The Balaban J connectivity index is 1.99. The molecule has 26 heavy (non-hydrogen) atoms. The van der Waals surface area contributed by atoms with Crippen molar-refractivity contribution >= 4 is 27.1 Å². The van der Waals surface area contributed by atoms with Crippen molar-refractivity contribution in [3.63, 3.8) is 0 Å². The first-order valence-electron chi connectivity index (χ1n) is 8.19. The maximum atomic E-state index is 12.4. The number of allylic oxidation sites excluding steroid dienone is 1. The Labute approximate surface area is 152 Å². The van der Waals surface area contributed by atoms with Gasteiger partial charge in [0.05, 0.1) is 16.3 Å². The van der Waals surface area contributed by atoms with Crippen molar-refractivity contribution in [2.24, 2.45) is 4.40 Å². The smallest absolute Gasteiger partial charge is 0.283 e. The van der Waals surface area contributed by atoms with Crippen molar-refractivity contribution in [1.29, 1.82) is 5.26 Å². The van der Waals surface area contributed by atoms with Crippen LogP contribution in [-0.4, -0.2) is 27.7 Å². The summed E-state index contributed by atoms with van der Waals surface area (Å²) in [5.74, 6) is 0.641. The van der Waals surface area contributed by atoms with Crippen molar-refractivity contribution in [3.8, 4) is 6.07 Å². The molecule has 0 bridgehead atoms. The summed E-state index contributed by atoms with van der Waals surface area (Å²) in [6.07, 6.45) is 0. The van der Waals surface area contributed by atoms with Crippen molar-refractivity contribution in [2.45, 2.75) is 11.8 Å². The highest BCUT2D eigenvalue weighted by atomic mass is 32.2. The van der Waals surface area contributed by atoms with E-state index in [2.05, 4.69) is 10.5 Å². The Morgan fingerprint density at radius 2 is 1.77 bits per heavy atom. The summed E-state index contributed by atoms with van der Waals surface area (Å²) in [6.45, 7) is 2.63. The molecular weight excluding hydrogens is 348 g/mol. The summed E-state index contributed by atoms with van der Waals surface area (Å²) in [5.41, 5.74) is 2.87. The van der Waals surface area contributed by atoms with E-state index in [0.29, 0.717) is 17.9 Å². The average Bonchev–Trinajstić information content (AvgIpc) is 3.09. The molecule has 2 aromatic carbocycles. The van der Waals surface area contributed by atoms with Crippen LogP contribution in [0.1, 0.15) is 12.5 Å². The molecule has 0 saturated heterocycles. The molecule has 0 atom stereocenters. The Hall–Kier alpha value is -3.11. The number of fused-ring (bicyclic) bond motifs is 2. The SMILES string of the molecule is CCN1/C(=C(\C#N)C2=NS(=O)(=O)c3ccccc32)N(C)c2ccccc21. The number of rotatable bonds is 2. The molecule has 0 fully saturated rings. The molecule has 2 heterocycles. The molecule has 6 nitrogen and oxygen atoms in total. The molecule has 2 aliphatic heterocycles. The van der Waals surface area contributed by atoms with E-state index >= 15 is 0 Å². The standard InChI is InChI=1S/C19H16N4O2S/c1-3-23-16-10-6-5-9-15(16)22(2)19(23)14(12-20)18-13-8-4-7-11-17(13)26(24,25)21-18/h4-11H,3H2,1-2H3/b19-14+. The van der Waals surface area contributed by atoms with E-state index in [-0.39, 0.29) is 16.2 Å². The second kappa shape index (κ2) is 5.71. The highest BCUT2D eigenvalue weighted by Gasteiger charge is 2.36. The number of nitriles is 1. The van der Waals surface area contributed by atoms with Crippen LogP contribution in [0, 0.1) is 11.3 Å². The summed E-state index contributed by atoms with van der Waals surface area (Å²) in [4.78, 5) is 4.06. The minimum absolute atomic E-state index is 0.143. The van der Waals surface area contributed by atoms with Gasteiger partial charge in [-0.05, 0) is 25.1 Å². The number of hydrogen-bond donors (Lipinski definition) is 0. The molecule has 0 radical (unpaired) electrons. The van der Waals surface area contributed by atoms with Crippen molar-refractivity contribution < 1.29 is 8.42 Å². The first kappa shape index (κ1) is 16.4. The molecule has 130 valence electrons. The van der Waals surface area contributed by atoms with Gasteiger partial charge in [0.2, 0.25) is 0 Å². The second-order valence-electron chi connectivity index (χ2n) is 6.01. The molecule has 0 aromatic heterocycles. The number of sulfonamides is 1. The Morgan fingerprint density at radius 3 is 2.46 bits per heavy atom. The maximum absolute atomic E-state index is 12.4. The average molecular weight is 364 g/mol. The molecule has 7 heteroatoms. The van der Waals surface area contributed by atoms with E-state index in [0.717, 1.165) is 11.4 Å². The molecule has 0 amide bonds. The molecule has 0 N–H and O–H groups in total. The van der Waals surface area contributed by atoms with E-state index in [1.807, 2.05) is 48.0 Å². The van der Waals surface area contributed by atoms with E-state index < -0.39 is 10.0 Å². The van der Waals surface area contributed by atoms with Gasteiger partial charge in [-0.1, -0.05) is 30.3 Å². The van der Waals surface area contributed by atoms with E-state index in [9.17, 15) is 13.7 Å². The van der Waals surface area contributed by atoms with Crippen LogP contribution in [0.2, 0.25) is 0 Å². The van der Waals surface area contributed by atoms with Crippen LogP contribution in [0.4, 0.5) is 11.4 Å². The summed E-state index contributed by atoms with van der Waals surface area (Å²) >= 11 is 0. The van der Waals surface area contributed by atoms with Gasteiger partial charge in [0.1, 0.15) is 23.2 Å². The molecular formula is C19H16N4O2S. The summed E-state index contributed by atoms with van der Waals surface area (Å²) < 4.78 is 28.7. The van der Waals surface area contributed by atoms with Gasteiger partial charge in [-0.25, -0.2) is 0 Å². The zero-order valence-corrected chi connectivity index (χ0v) is 15.2. The van der Waals surface area contributed by atoms with Crippen molar-refractivity contribution in [1.82, 2.24) is 0 Å². The zero-order chi connectivity index (χ0) is 18.5. The molecule has 0 spiro atoms. The lowest BCUT2D eigenvalue weighted by molar-refractivity contribution is 0.599. The van der Waals surface area contributed by atoms with E-state index in [1.165, 1.54) is 6.07 Å². The molecule has 2 aliphatic rings. The lowest BCUT2D eigenvalue weighted by Gasteiger charge is -2.23. The highest BCUT2D eigenvalue weighted by molar-refractivity contribution is 7.90. The number of para-hydroxylation sites is 2. The van der Waals surface area contributed by atoms with E-state index in [1.54, 1.807) is 18.2 Å². The molecule has 0 saturated carbocycles. The van der Waals surface area contributed by atoms with Crippen LogP contribution in [0.5, 0.6) is 0 Å². The Kier molecular flexibility index (Phi) is 3.60. The Bertz CT molecular complexity index is 1130. The van der Waals surface area contributed by atoms with Crippen LogP contribution in [0.15, 0.2) is 69.2 Å². The van der Waals surface area contributed by atoms with E-state index in [4.69, 9.17) is 0 Å². The lowest BCUT2D eigenvalue weighted by atomic mass is 10.0. The fourth-order valence-electron chi connectivity index (χ4n) is 3.50. The van der Waals surface area contributed by atoms with Crippen molar-refractivity contribution in [2.75, 3.05) is 23.4 Å². The van der Waals surface area contributed by atoms with Crippen LogP contribution < -0.4 is 9.80 Å². The van der Waals surface area contributed by atoms with Crippen LogP contribution >= 0.6 is 0 Å². The largest absolute Gasteiger partial charge is 0.328 e. The molecule has 4 rings (SSSR count). The number of hydrogen-bond acceptors (Lipinski definition) is 5. The minimum atomic E-state index is -3.78. The van der Waals surface area contributed by atoms with Gasteiger partial charge < -0.3 is 9.80 Å². The Morgan fingerprint density at radius 1 is 1.12 bits per heavy atom. The third-order valence-corrected chi connectivity index (χ3v) is 5.96. The molecule has 0 aliphatic carbocycles. The van der Waals surface area contributed by atoms with Crippen LogP contribution in [0.25, 0.3) is 0 Å². The summed E-state index contributed by atoms with van der Waals surface area (Å²) in [7, 11) is -1.91. The third-order valence-electron chi connectivity index (χ3n) is 4.63. The van der Waals surface area contributed by atoms with Gasteiger partial charge in [-0.15, -0.1) is 0 Å². The van der Waals surface area contributed by atoms with Gasteiger partial charge in [-0.2, -0.15) is 18.1 Å². The predicted octanol–water partition coefficient (Wildman–Crippen LogP) is 2.89. The number of benzene rings is 2. The van der Waals surface area contributed by atoms with Crippen LogP contribution in [-0.2, 0) is 10.0 Å². The van der Waals surface area contributed by atoms with Gasteiger partial charge in [0.25, 0.3) is 10.0 Å². The van der Waals surface area contributed by atoms with Gasteiger partial charge >= 0.3 is 0 Å². The minimum Gasteiger partial charge on any atom is -0.328 e. The van der Waals surface area contributed by atoms with Crippen molar-refractivity contribution in [3.05, 3.63) is 65.5 Å². The summed E-state index contributed by atoms with van der Waals surface area (Å²) in [5, 5.41) is 9.92. The monoisotopic (exact) mass is 364 g/mol. The van der Waals surface area contributed by atoms with Gasteiger partial charge in [0.15, 0.2) is 0 Å². The fourth-order valence-corrected chi connectivity index (χ4v) is 4.72. The maximum Gasteiger partial charge on any atom is 0.283 e. The lowest BCUT2D eigenvalue weighted by Crippen LogP contribution is -2.29. The topological polar surface area (TPSA) is 76.8 Å². The van der Waals surface area contributed by atoms with Gasteiger partial charge in [0, 0.05) is 19.2 Å². The van der Waals surface area contributed by atoms with Gasteiger partial charge in [-0.3, -0.25) is 0 Å². The normalized spacial score (nSPS) is 18.9. The first-order chi connectivity index (χ1) is 12.5. The third kappa shape index (κ3) is 2.16. The molecule has 2 aromatic rings. The molecule has 0 unspecified atom stereocenters. The first-order valence-corrected chi connectivity index (χ1v) is 9.63. The highest BCUT2D eigenvalue weighted by Crippen LogP contribution is 2.42. The van der Waals surface area contributed by atoms with Crippen LogP contribution in [0.3, 0.4) is 0 Å². The predicted molar refractivity (Wildman–Crippen MR) is 101 cm³/mol. The fraction of sp³-hybridized carbons (Fsp3) is 0.158. The summed E-state index contributed by atoms with van der Waals surface area (Å²) in [6, 6.07) is 16.6. The second-order valence-corrected chi connectivity index (χ2v) is 7.59. The number of anilines is 2. The number of nitrogens with zero attached hydrogens (tertiary/aromatic N) is 4.